The average Bonchev–Trinajstić information content (AvgIpc) is 3.43. The van der Waals surface area contributed by atoms with Crippen LogP contribution in [0, 0.1) is 0 Å². The highest BCUT2D eigenvalue weighted by atomic mass is 32.2. The molecular weight excluding hydrogens is 456 g/mol. The Bertz CT molecular complexity index is 1320. The minimum atomic E-state index is -1.01. The van der Waals surface area contributed by atoms with Crippen LogP contribution in [-0.4, -0.2) is 46.7 Å². The number of carbonyl (C=O) groups excluding carboxylic acids is 2. The van der Waals surface area contributed by atoms with Crippen LogP contribution in [0.15, 0.2) is 75.0 Å². The van der Waals surface area contributed by atoms with E-state index in [2.05, 4.69) is 4.99 Å². The Morgan fingerprint density at radius 1 is 1.12 bits per heavy atom. The number of thioether (sulfide) groups is 1. The third-order valence-electron chi connectivity index (χ3n) is 5.01. The van der Waals surface area contributed by atoms with Crippen molar-refractivity contribution in [2.24, 2.45) is 4.99 Å². The maximum Gasteiger partial charge on any atom is 0.337 e. The summed E-state index contributed by atoms with van der Waals surface area (Å²) in [5.74, 6) is -0.614. The molecule has 0 saturated carbocycles. The zero-order valence-electron chi connectivity index (χ0n) is 18.3. The number of carboxylic acid groups (broad SMARTS) is 1. The number of carbonyl (C=O) groups is 3. The molecule has 2 heterocycles. The number of amides is 1. The SMILES string of the molecule is CCN1C(=O)/C(=C\c2ccc(-c3cccc(C(=O)OC)c3)o2)SC1=Nc1ccc(C(=O)O)cc1. The van der Waals surface area contributed by atoms with Gasteiger partial charge < -0.3 is 14.3 Å². The van der Waals surface area contributed by atoms with Gasteiger partial charge in [0.05, 0.1) is 28.8 Å². The number of likely N-dealkylation sites (N-methyl/N-ethyl adjacent to an activating group) is 1. The van der Waals surface area contributed by atoms with E-state index >= 15 is 0 Å². The Labute approximate surface area is 199 Å². The van der Waals surface area contributed by atoms with Gasteiger partial charge in [0.2, 0.25) is 0 Å². The molecule has 4 rings (SSSR count). The van der Waals surface area contributed by atoms with Crippen LogP contribution < -0.4 is 0 Å². The number of nitrogens with zero attached hydrogens (tertiary/aromatic N) is 2. The number of esters is 1. The zero-order chi connectivity index (χ0) is 24.2. The lowest BCUT2D eigenvalue weighted by Gasteiger charge is -2.11. The first-order chi connectivity index (χ1) is 16.4. The second-order valence-corrected chi connectivity index (χ2v) is 8.19. The Balaban J connectivity index is 1.58. The number of furan rings is 1. The molecule has 0 unspecified atom stereocenters. The van der Waals surface area contributed by atoms with Gasteiger partial charge in [0.1, 0.15) is 11.5 Å². The van der Waals surface area contributed by atoms with E-state index in [1.165, 1.54) is 31.0 Å². The molecule has 1 saturated heterocycles. The van der Waals surface area contributed by atoms with Crippen LogP contribution in [0.4, 0.5) is 5.69 Å². The fourth-order valence-electron chi connectivity index (χ4n) is 3.29. The van der Waals surface area contributed by atoms with E-state index in [-0.39, 0.29) is 11.5 Å². The monoisotopic (exact) mass is 476 g/mol. The lowest BCUT2D eigenvalue weighted by atomic mass is 10.1. The molecule has 8 nitrogen and oxygen atoms in total. The van der Waals surface area contributed by atoms with Gasteiger partial charge in [0.15, 0.2) is 5.17 Å². The van der Waals surface area contributed by atoms with E-state index in [4.69, 9.17) is 14.3 Å². The summed E-state index contributed by atoms with van der Waals surface area (Å²) in [7, 11) is 1.32. The molecule has 9 heteroatoms. The van der Waals surface area contributed by atoms with Crippen LogP contribution in [-0.2, 0) is 9.53 Å². The fraction of sp³-hybridized carbons (Fsp3) is 0.120. The standard InChI is InChI=1S/C25H20N2O6S/c1-3-27-22(28)21(34-25(27)26-18-9-7-15(8-10-18)23(29)30)14-19-11-12-20(33-19)16-5-4-6-17(13-16)24(31)32-2/h4-14H,3H2,1-2H3,(H,29,30)/b21-14+,26-25?. The van der Waals surface area contributed by atoms with Gasteiger partial charge in [-0.1, -0.05) is 12.1 Å². The Morgan fingerprint density at radius 3 is 2.56 bits per heavy atom. The van der Waals surface area contributed by atoms with Gasteiger partial charge in [-0.25, -0.2) is 14.6 Å². The van der Waals surface area contributed by atoms with Gasteiger partial charge in [0, 0.05) is 18.2 Å². The van der Waals surface area contributed by atoms with Gasteiger partial charge in [-0.2, -0.15) is 0 Å². The van der Waals surface area contributed by atoms with Crippen molar-refractivity contribution in [3.8, 4) is 11.3 Å². The quantitative estimate of drug-likeness (QED) is 0.391. The summed E-state index contributed by atoms with van der Waals surface area (Å²) >= 11 is 1.22. The maximum atomic E-state index is 12.9. The largest absolute Gasteiger partial charge is 0.478 e. The summed E-state index contributed by atoms with van der Waals surface area (Å²) < 4.78 is 10.7. The number of hydrogen-bond donors (Lipinski definition) is 1. The van der Waals surface area contributed by atoms with Crippen LogP contribution in [0.3, 0.4) is 0 Å². The number of carboxylic acids is 1. The molecule has 3 aromatic rings. The Hall–Kier alpha value is -4.11. The summed E-state index contributed by atoms with van der Waals surface area (Å²) in [6.07, 6.45) is 1.65. The molecule has 1 N–H and O–H groups in total. The molecule has 1 aliphatic heterocycles. The molecule has 1 aliphatic rings. The van der Waals surface area contributed by atoms with E-state index in [0.717, 1.165) is 0 Å². The molecule has 1 aromatic heterocycles. The van der Waals surface area contributed by atoms with Crippen LogP contribution in [0.2, 0.25) is 0 Å². The number of hydrogen-bond acceptors (Lipinski definition) is 7. The normalized spacial score (nSPS) is 15.8. The van der Waals surface area contributed by atoms with E-state index in [1.54, 1.807) is 53.4 Å². The first kappa shape index (κ1) is 23.1. The highest BCUT2D eigenvalue weighted by Crippen LogP contribution is 2.35. The van der Waals surface area contributed by atoms with Crippen molar-refractivity contribution < 1.29 is 28.6 Å². The molecule has 2 aromatic carbocycles. The third-order valence-corrected chi connectivity index (χ3v) is 6.02. The van der Waals surface area contributed by atoms with Gasteiger partial charge in [0.25, 0.3) is 5.91 Å². The highest BCUT2D eigenvalue weighted by Gasteiger charge is 2.32. The summed E-state index contributed by atoms with van der Waals surface area (Å²) in [5, 5.41) is 9.54. The van der Waals surface area contributed by atoms with Crippen molar-refractivity contribution in [1.82, 2.24) is 4.90 Å². The highest BCUT2D eigenvalue weighted by molar-refractivity contribution is 8.18. The van der Waals surface area contributed by atoms with Crippen LogP contribution in [0.1, 0.15) is 33.4 Å². The smallest absolute Gasteiger partial charge is 0.337 e. The minimum absolute atomic E-state index is 0.165. The first-order valence-corrected chi connectivity index (χ1v) is 11.1. The van der Waals surface area contributed by atoms with Crippen molar-refractivity contribution in [3.05, 3.63) is 82.5 Å². The van der Waals surface area contributed by atoms with Crippen LogP contribution in [0.25, 0.3) is 17.4 Å². The second kappa shape index (κ2) is 9.80. The Morgan fingerprint density at radius 2 is 1.88 bits per heavy atom. The Kier molecular flexibility index (Phi) is 6.65. The summed E-state index contributed by atoms with van der Waals surface area (Å²) in [4.78, 5) is 42.2. The van der Waals surface area contributed by atoms with E-state index in [0.29, 0.717) is 45.0 Å². The van der Waals surface area contributed by atoms with Gasteiger partial charge in [-0.3, -0.25) is 9.69 Å². The summed E-state index contributed by atoms with van der Waals surface area (Å²) in [6.45, 7) is 2.28. The zero-order valence-corrected chi connectivity index (χ0v) is 19.2. The lowest BCUT2D eigenvalue weighted by molar-refractivity contribution is -0.122. The molecule has 1 fully saturated rings. The van der Waals surface area contributed by atoms with Crippen molar-refractivity contribution in [2.45, 2.75) is 6.92 Å². The van der Waals surface area contributed by atoms with Crippen molar-refractivity contribution in [2.75, 3.05) is 13.7 Å². The number of amidine groups is 1. The fourth-order valence-corrected chi connectivity index (χ4v) is 4.33. The third kappa shape index (κ3) is 4.79. The van der Waals surface area contributed by atoms with Crippen LogP contribution >= 0.6 is 11.8 Å². The number of aliphatic imine (C=N–C) groups is 1. The molecule has 0 radical (unpaired) electrons. The van der Waals surface area contributed by atoms with Crippen LogP contribution in [0.5, 0.6) is 0 Å². The summed E-state index contributed by atoms with van der Waals surface area (Å²) in [5.41, 5.74) is 1.83. The van der Waals surface area contributed by atoms with Gasteiger partial charge >= 0.3 is 11.9 Å². The predicted molar refractivity (Wildman–Crippen MR) is 129 cm³/mol. The number of rotatable bonds is 6. The topological polar surface area (TPSA) is 109 Å². The number of methoxy groups -OCH3 is 1. The van der Waals surface area contributed by atoms with E-state index < -0.39 is 11.9 Å². The number of ether oxygens (including phenoxy) is 1. The summed E-state index contributed by atoms with van der Waals surface area (Å²) in [6, 6.07) is 16.5. The molecule has 1 amide bonds. The van der Waals surface area contributed by atoms with Gasteiger partial charge in [-0.05, 0) is 67.2 Å². The van der Waals surface area contributed by atoms with Crippen molar-refractivity contribution in [1.29, 1.82) is 0 Å². The van der Waals surface area contributed by atoms with Gasteiger partial charge in [-0.15, -0.1) is 0 Å². The predicted octanol–water partition coefficient (Wildman–Crippen LogP) is 5.06. The molecule has 0 spiro atoms. The van der Waals surface area contributed by atoms with E-state index in [1.807, 2.05) is 13.0 Å². The lowest BCUT2D eigenvalue weighted by Crippen LogP contribution is -2.28. The molecule has 0 atom stereocenters. The van der Waals surface area contributed by atoms with Crippen molar-refractivity contribution >= 4 is 46.5 Å². The number of benzene rings is 2. The average molecular weight is 477 g/mol. The molecule has 0 bridgehead atoms. The maximum absolute atomic E-state index is 12.9. The van der Waals surface area contributed by atoms with Crippen molar-refractivity contribution in [3.63, 3.8) is 0 Å². The minimum Gasteiger partial charge on any atom is -0.478 e. The molecule has 34 heavy (non-hydrogen) atoms. The molecule has 172 valence electrons. The van der Waals surface area contributed by atoms with E-state index in [9.17, 15) is 14.4 Å². The number of aromatic carboxylic acids is 1. The first-order valence-electron chi connectivity index (χ1n) is 10.3. The second-order valence-electron chi connectivity index (χ2n) is 7.18. The molecular formula is C25H20N2O6S. The molecule has 0 aliphatic carbocycles.